The lowest BCUT2D eigenvalue weighted by Gasteiger charge is -2.38. The molecule has 4 heteroatoms. The van der Waals surface area contributed by atoms with Crippen molar-refractivity contribution in [2.24, 2.45) is 5.92 Å². The monoisotopic (exact) mass is 262 g/mol. The molecule has 0 aliphatic heterocycles. The molecule has 19 heavy (non-hydrogen) atoms. The van der Waals surface area contributed by atoms with Gasteiger partial charge in [-0.05, 0) is 44.6 Å². The minimum absolute atomic E-state index is 0.104. The van der Waals surface area contributed by atoms with Crippen LogP contribution in [0.4, 0.5) is 0 Å². The van der Waals surface area contributed by atoms with Crippen molar-refractivity contribution in [3.05, 3.63) is 28.0 Å². The average Bonchev–Trinajstić information content (AvgIpc) is 2.64. The van der Waals surface area contributed by atoms with E-state index in [9.17, 15) is 15.0 Å². The van der Waals surface area contributed by atoms with Crippen molar-refractivity contribution in [2.75, 3.05) is 0 Å². The van der Waals surface area contributed by atoms with Crippen molar-refractivity contribution in [1.82, 2.24) is 0 Å². The highest BCUT2D eigenvalue weighted by Crippen LogP contribution is 2.50. The van der Waals surface area contributed by atoms with Gasteiger partial charge >= 0.3 is 0 Å². The largest absolute Gasteiger partial charge is 0.480 e. The van der Waals surface area contributed by atoms with E-state index < -0.39 is 5.60 Å². The first-order chi connectivity index (χ1) is 8.85. The number of ketones is 1. The number of hydrogen-bond acceptors (Lipinski definition) is 4. The molecular weight excluding hydrogens is 244 g/mol. The summed E-state index contributed by atoms with van der Waals surface area (Å²) in [5.41, 5.74) is 1.14. The first kappa shape index (κ1) is 12.5. The van der Waals surface area contributed by atoms with Crippen LogP contribution in [0.15, 0.2) is 15.6 Å². The van der Waals surface area contributed by atoms with E-state index in [1.807, 2.05) is 6.92 Å². The van der Waals surface area contributed by atoms with Gasteiger partial charge in [0, 0.05) is 16.7 Å². The number of carbonyl (C=O) groups is 1. The lowest BCUT2D eigenvalue weighted by Crippen LogP contribution is -2.37. The van der Waals surface area contributed by atoms with Gasteiger partial charge in [-0.25, -0.2) is 0 Å². The number of fused-ring (bicyclic) bond motifs is 1. The summed E-state index contributed by atoms with van der Waals surface area (Å²) in [7, 11) is 0. The van der Waals surface area contributed by atoms with E-state index in [-0.39, 0.29) is 23.4 Å². The van der Waals surface area contributed by atoms with Gasteiger partial charge in [-0.3, -0.25) is 4.79 Å². The Hall–Kier alpha value is -1.55. The highest BCUT2D eigenvalue weighted by Gasteiger charge is 2.47. The molecule has 0 radical (unpaired) electrons. The molecule has 102 valence electrons. The summed E-state index contributed by atoms with van der Waals surface area (Å²) >= 11 is 0. The molecule has 0 saturated heterocycles. The molecule has 4 nitrogen and oxygen atoms in total. The second-order valence-electron chi connectivity index (χ2n) is 5.82. The first-order valence-electron chi connectivity index (χ1n) is 6.69. The number of hydrogen-bond donors (Lipinski definition) is 2. The second-order valence-corrected chi connectivity index (χ2v) is 5.82. The number of rotatable bonds is 0. The zero-order valence-electron chi connectivity index (χ0n) is 11.4. The van der Waals surface area contributed by atoms with Crippen LogP contribution in [0.25, 0.3) is 0 Å². The molecule has 1 heterocycles. The van der Waals surface area contributed by atoms with Crippen LogP contribution in [-0.4, -0.2) is 16.0 Å². The number of allylic oxidation sites excluding steroid dienone is 1. The van der Waals surface area contributed by atoms with E-state index in [0.717, 1.165) is 18.4 Å². The Morgan fingerprint density at radius 3 is 2.79 bits per heavy atom. The highest BCUT2D eigenvalue weighted by atomic mass is 16.5. The van der Waals surface area contributed by atoms with Gasteiger partial charge in [-0.15, -0.1) is 0 Å². The predicted molar refractivity (Wildman–Crippen MR) is 69.1 cm³/mol. The molecule has 1 aromatic rings. The number of furan rings is 1. The molecule has 2 atom stereocenters. The summed E-state index contributed by atoms with van der Waals surface area (Å²) in [5, 5.41) is 20.6. The molecule has 0 fully saturated rings. The molecular formula is C15H18O4. The topological polar surface area (TPSA) is 70.7 Å². The third-order valence-corrected chi connectivity index (χ3v) is 4.50. The summed E-state index contributed by atoms with van der Waals surface area (Å²) < 4.78 is 5.18. The molecule has 0 aromatic carbocycles. The SMILES string of the molecule is Cc1c(O)oc2c1C(C)(O)C1=C(CCCC1C)C2=O. The van der Waals surface area contributed by atoms with Gasteiger partial charge in [0.25, 0.3) is 5.95 Å². The fraction of sp³-hybridized carbons (Fsp3) is 0.533. The van der Waals surface area contributed by atoms with Gasteiger partial charge in [0.05, 0.1) is 0 Å². The molecule has 0 spiro atoms. The van der Waals surface area contributed by atoms with Crippen molar-refractivity contribution in [1.29, 1.82) is 0 Å². The average molecular weight is 262 g/mol. The first-order valence-corrected chi connectivity index (χ1v) is 6.69. The second kappa shape index (κ2) is 3.73. The van der Waals surface area contributed by atoms with E-state index in [1.165, 1.54) is 0 Å². The molecule has 2 aliphatic carbocycles. The van der Waals surface area contributed by atoms with Crippen LogP contribution in [0.2, 0.25) is 0 Å². The maximum atomic E-state index is 12.5. The Labute approximate surface area is 111 Å². The van der Waals surface area contributed by atoms with Gasteiger partial charge in [0.2, 0.25) is 5.78 Å². The van der Waals surface area contributed by atoms with E-state index in [2.05, 4.69) is 0 Å². The van der Waals surface area contributed by atoms with Crippen LogP contribution < -0.4 is 0 Å². The third kappa shape index (κ3) is 1.46. The molecule has 1 aromatic heterocycles. The molecule has 0 bridgehead atoms. The summed E-state index contributed by atoms with van der Waals surface area (Å²) in [6, 6.07) is 0. The van der Waals surface area contributed by atoms with Gasteiger partial charge in [0.1, 0.15) is 5.60 Å². The lowest BCUT2D eigenvalue weighted by atomic mass is 9.67. The fourth-order valence-electron chi connectivity index (χ4n) is 3.69. The Morgan fingerprint density at radius 1 is 1.42 bits per heavy atom. The molecule has 2 unspecified atom stereocenters. The minimum Gasteiger partial charge on any atom is -0.480 e. The van der Waals surface area contributed by atoms with Crippen LogP contribution in [0.3, 0.4) is 0 Å². The fourth-order valence-corrected chi connectivity index (χ4v) is 3.69. The normalized spacial score (nSPS) is 30.3. The van der Waals surface area contributed by atoms with Crippen molar-refractivity contribution in [2.45, 2.75) is 45.6 Å². The van der Waals surface area contributed by atoms with Crippen LogP contribution in [0.1, 0.15) is 54.8 Å². The number of aromatic hydroxyl groups is 1. The molecule has 3 rings (SSSR count). The Kier molecular flexibility index (Phi) is 2.45. The van der Waals surface area contributed by atoms with Crippen LogP contribution in [-0.2, 0) is 5.60 Å². The lowest BCUT2D eigenvalue weighted by molar-refractivity contribution is 0.0683. The van der Waals surface area contributed by atoms with E-state index in [1.54, 1.807) is 13.8 Å². The van der Waals surface area contributed by atoms with Crippen molar-refractivity contribution < 1.29 is 19.4 Å². The number of carbonyl (C=O) groups excluding carboxylic acids is 1. The Morgan fingerprint density at radius 2 is 2.11 bits per heavy atom. The van der Waals surface area contributed by atoms with Crippen molar-refractivity contribution >= 4 is 5.78 Å². The molecule has 2 N–H and O–H groups in total. The summed E-state index contributed by atoms with van der Waals surface area (Å²) in [4.78, 5) is 12.5. The maximum Gasteiger partial charge on any atom is 0.285 e. The van der Waals surface area contributed by atoms with Crippen LogP contribution >= 0.6 is 0 Å². The van der Waals surface area contributed by atoms with E-state index in [0.29, 0.717) is 23.1 Å². The quantitative estimate of drug-likeness (QED) is 0.754. The van der Waals surface area contributed by atoms with E-state index in [4.69, 9.17) is 4.42 Å². The third-order valence-electron chi connectivity index (χ3n) is 4.50. The van der Waals surface area contributed by atoms with Gasteiger partial charge in [-0.2, -0.15) is 0 Å². The maximum absolute atomic E-state index is 12.5. The minimum atomic E-state index is -1.23. The van der Waals surface area contributed by atoms with Gasteiger partial charge < -0.3 is 14.6 Å². The highest BCUT2D eigenvalue weighted by molar-refractivity contribution is 6.10. The van der Waals surface area contributed by atoms with E-state index >= 15 is 0 Å². The number of aliphatic hydroxyl groups is 1. The summed E-state index contributed by atoms with van der Waals surface area (Å²) in [6.07, 6.45) is 2.60. The standard InChI is InChI=1S/C15H18O4/c1-7-5-4-6-9-10(7)15(3,18)11-8(2)14(17)19-13(11)12(9)16/h7,17-18H,4-6H2,1-3H3. The molecule has 0 saturated carbocycles. The van der Waals surface area contributed by atoms with Crippen LogP contribution in [0.5, 0.6) is 5.95 Å². The number of Topliss-reactive ketones (excluding diaryl/α,β-unsaturated/α-hetero) is 1. The van der Waals surface area contributed by atoms with Crippen molar-refractivity contribution in [3.8, 4) is 5.95 Å². The zero-order chi connectivity index (χ0) is 13.9. The van der Waals surface area contributed by atoms with Gasteiger partial charge in [-0.1, -0.05) is 6.92 Å². The predicted octanol–water partition coefficient (Wildman–Crippen LogP) is 2.81. The van der Waals surface area contributed by atoms with Crippen LogP contribution in [0, 0.1) is 12.8 Å². The Balaban J connectivity index is 2.31. The summed E-state index contributed by atoms with van der Waals surface area (Å²) in [6.45, 7) is 5.40. The molecule has 2 aliphatic rings. The summed E-state index contributed by atoms with van der Waals surface area (Å²) in [5.74, 6) is -0.169. The molecule has 0 amide bonds. The Bertz CT molecular complexity index is 604. The van der Waals surface area contributed by atoms with Gasteiger partial charge in [0.15, 0.2) is 5.76 Å². The zero-order valence-corrected chi connectivity index (χ0v) is 11.4. The smallest absolute Gasteiger partial charge is 0.285 e. The van der Waals surface area contributed by atoms with Crippen molar-refractivity contribution in [3.63, 3.8) is 0 Å².